The molecule has 1 saturated heterocycles. The summed E-state index contributed by atoms with van der Waals surface area (Å²) in [5.41, 5.74) is 3.60. The molecule has 1 fully saturated rings. The number of carbonyl (C=O) groups is 1. The summed E-state index contributed by atoms with van der Waals surface area (Å²) in [4.78, 5) is 19.8. The molecule has 1 amide bonds. The van der Waals surface area contributed by atoms with E-state index in [1.165, 1.54) is 16.6 Å². The number of hydrogen-bond acceptors (Lipinski definition) is 3. The summed E-state index contributed by atoms with van der Waals surface area (Å²) in [5, 5.41) is 1.95. The number of carbonyl (C=O) groups excluding carboxylic acids is 1. The van der Waals surface area contributed by atoms with Gasteiger partial charge in [0, 0.05) is 61.5 Å². The van der Waals surface area contributed by atoms with Gasteiger partial charge in [0.15, 0.2) is 0 Å². The second-order valence-corrected chi connectivity index (χ2v) is 6.80. The van der Waals surface area contributed by atoms with Gasteiger partial charge in [0.25, 0.3) is 0 Å². The molecule has 1 aromatic heterocycles. The second kappa shape index (κ2) is 7.55. The van der Waals surface area contributed by atoms with E-state index in [4.69, 9.17) is 16.3 Å². The molecule has 24 heavy (non-hydrogen) atoms. The van der Waals surface area contributed by atoms with Crippen molar-refractivity contribution >= 4 is 28.4 Å². The Bertz CT molecular complexity index is 728. The van der Waals surface area contributed by atoms with Crippen molar-refractivity contribution in [1.29, 1.82) is 0 Å². The summed E-state index contributed by atoms with van der Waals surface area (Å²) in [6, 6.07) is 5.95. The van der Waals surface area contributed by atoms with E-state index >= 15 is 0 Å². The van der Waals surface area contributed by atoms with Gasteiger partial charge in [-0.1, -0.05) is 11.6 Å². The lowest BCUT2D eigenvalue weighted by atomic mass is 10.1. The Labute approximate surface area is 147 Å². The highest BCUT2D eigenvalue weighted by Gasteiger charge is 2.20. The number of hydrogen-bond donors (Lipinski definition) is 1. The van der Waals surface area contributed by atoms with Crippen molar-refractivity contribution in [2.45, 2.75) is 19.9 Å². The standard InChI is InChI=1S/C18H24ClN3O2/c1-13-15-10-14(19)4-5-16(15)20-17(13)11-21-6-3-7-22(9-8-21)18(23)12-24-2/h4-5,10,20H,3,6-9,11-12H2,1-2H3. The molecular formula is C18H24ClN3O2. The van der Waals surface area contributed by atoms with Crippen LogP contribution in [0.3, 0.4) is 0 Å². The van der Waals surface area contributed by atoms with Crippen LogP contribution < -0.4 is 0 Å². The summed E-state index contributed by atoms with van der Waals surface area (Å²) >= 11 is 6.11. The van der Waals surface area contributed by atoms with Gasteiger partial charge in [0.1, 0.15) is 6.61 Å². The Balaban J connectivity index is 1.68. The van der Waals surface area contributed by atoms with E-state index in [1.54, 1.807) is 7.11 Å². The number of nitrogens with one attached hydrogen (secondary N) is 1. The highest BCUT2D eigenvalue weighted by atomic mass is 35.5. The average Bonchev–Trinajstić information content (AvgIpc) is 2.74. The number of aromatic nitrogens is 1. The van der Waals surface area contributed by atoms with E-state index in [1.807, 2.05) is 23.1 Å². The van der Waals surface area contributed by atoms with Gasteiger partial charge < -0.3 is 14.6 Å². The number of nitrogens with zero attached hydrogens (tertiary/aromatic N) is 2. The molecule has 1 aromatic carbocycles. The Morgan fingerprint density at radius 1 is 1.29 bits per heavy atom. The number of amides is 1. The lowest BCUT2D eigenvalue weighted by Gasteiger charge is -2.21. The number of H-pyrrole nitrogens is 1. The van der Waals surface area contributed by atoms with E-state index in [0.717, 1.165) is 49.7 Å². The first-order valence-corrected chi connectivity index (χ1v) is 8.72. The fourth-order valence-electron chi connectivity index (χ4n) is 3.33. The molecule has 2 heterocycles. The van der Waals surface area contributed by atoms with E-state index in [9.17, 15) is 4.79 Å². The quantitative estimate of drug-likeness (QED) is 0.923. The molecule has 1 aliphatic rings. The molecule has 0 atom stereocenters. The molecule has 2 aromatic rings. The van der Waals surface area contributed by atoms with E-state index in [0.29, 0.717) is 0 Å². The zero-order chi connectivity index (χ0) is 17.1. The molecule has 5 nitrogen and oxygen atoms in total. The first-order chi connectivity index (χ1) is 11.6. The molecule has 0 saturated carbocycles. The maximum absolute atomic E-state index is 12.0. The predicted molar refractivity (Wildman–Crippen MR) is 96.4 cm³/mol. The van der Waals surface area contributed by atoms with Crippen LogP contribution in [0.4, 0.5) is 0 Å². The van der Waals surface area contributed by atoms with Crippen LogP contribution in [0.25, 0.3) is 10.9 Å². The highest BCUT2D eigenvalue weighted by molar-refractivity contribution is 6.31. The topological polar surface area (TPSA) is 48.6 Å². The smallest absolute Gasteiger partial charge is 0.248 e. The number of fused-ring (bicyclic) bond motifs is 1. The Morgan fingerprint density at radius 2 is 2.12 bits per heavy atom. The lowest BCUT2D eigenvalue weighted by molar-refractivity contribution is -0.135. The molecule has 1 N–H and O–H groups in total. The van der Waals surface area contributed by atoms with Crippen molar-refractivity contribution in [3.05, 3.63) is 34.5 Å². The number of ether oxygens (including phenoxy) is 1. The summed E-state index contributed by atoms with van der Waals surface area (Å²) in [7, 11) is 1.56. The highest BCUT2D eigenvalue weighted by Crippen LogP contribution is 2.26. The van der Waals surface area contributed by atoms with Crippen LogP contribution in [-0.4, -0.2) is 60.6 Å². The van der Waals surface area contributed by atoms with Gasteiger partial charge in [-0.15, -0.1) is 0 Å². The van der Waals surface area contributed by atoms with Crippen LogP contribution >= 0.6 is 11.6 Å². The molecular weight excluding hydrogens is 326 g/mol. The van der Waals surface area contributed by atoms with Crippen molar-refractivity contribution in [1.82, 2.24) is 14.8 Å². The molecule has 0 aliphatic carbocycles. The average molecular weight is 350 g/mol. The number of aryl methyl sites for hydroxylation is 1. The van der Waals surface area contributed by atoms with Crippen molar-refractivity contribution in [3.8, 4) is 0 Å². The molecule has 0 radical (unpaired) electrons. The monoisotopic (exact) mass is 349 g/mol. The largest absolute Gasteiger partial charge is 0.375 e. The number of benzene rings is 1. The molecule has 3 rings (SSSR count). The maximum atomic E-state index is 12.0. The summed E-state index contributed by atoms with van der Waals surface area (Å²) in [5.74, 6) is 0.0794. The lowest BCUT2D eigenvalue weighted by Crippen LogP contribution is -2.37. The Kier molecular flexibility index (Phi) is 5.43. The van der Waals surface area contributed by atoms with Crippen molar-refractivity contribution in [2.24, 2.45) is 0 Å². The zero-order valence-electron chi connectivity index (χ0n) is 14.3. The molecule has 1 aliphatic heterocycles. The molecule has 0 unspecified atom stereocenters. The first kappa shape index (κ1) is 17.3. The van der Waals surface area contributed by atoms with Gasteiger partial charge >= 0.3 is 0 Å². The minimum absolute atomic E-state index is 0.0794. The van der Waals surface area contributed by atoms with Gasteiger partial charge in [-0.25, -0.2) is 0 Å². The minimum atomic E-state index is 0.0794. The minimum Gasteiger partial charge on any atom is -0.375 e. The van der Waals surface area contributed by atoms with Crippen LogP contribution in [0, 0.1) is 6.92 Å². The predicted octanol–water partition coefficient (Wildman–Crippen LogP) is 2.81. The third-order valence-electron chi connectivity index (χ3n) is 4.71. The van der Waals surface area contributed by atoms with E-state index < -0.39 is 0 Å². The maximum Gasteiger partial charge on any atom is 0.248 e. The van der Waals surface area contributed by atoms with Crippen LogP contribution in [-0.2, 0) is 16.1 Å². The zero-order valence-corrected chi connectivity index (χ0v) is 15.0. The first-order valence-electron chi connectivity index (χ1n) is 8.34. The Hall–Kier alpha value is -1.56. The summed E-state index contributed by atoms with van der Waals surface area (Å²) in [6.07, 6.45) is 0.987. The van der Waals surface area contributed by atoms with E-state index in [-0.39, 0.29) is 12.5 Å². The summed E-state index contributed by atoms with van der Waals surface area (Å²) < 4.78 is 4.96. The number of methoxy groups -OCH3 is 1. The van der Waals surface area contributed by atoms with Gasteiger partial charge in [0.05, 0.1) is 0 Å². The number of halogens is 1. The second-order valence-electron chi connectivity index (χ2n) is 6.36. The van der Waals surface area contributed by atoms with Crippen molar-refractivity contribution < 1.29 is 9.53 Å². The van der Waals surface area contributed by atoms with Gasteiger partial charge in [-0.3, -0.25) is 9.69 Å². The molecule has 0 spiro atoms. The molecule has 0 bridgehead atoms. The third kappa shape index (κ3) is 3.74. The normalized spacial score (nSPS) is 16.5. The molecule has 130 valence electrons. The van der Waals surface area contributed by atoms with Crippen LogP contribution in [0.1, 0.15) is 17.7 Å². The number of rotatable bonds is 4. The van der Waals surface area contributed by atoms with Crippen molar-refractivity contribution in [3.63, 3.8) is 0 Å². The SMILES string of the molecule is COCC(=O)N1CCCN(Cc2[nH]c3ccc(Cl)cc3c2C)CC1. The third-order valence-corrected chi connectivity index (χ3v) is 4.95. The van der Waals surface area contributed by atoms with Gasteiger partial charge in [-0.2, -0.15) is 0 Å². The van der Waals surface area contributed by atoms with Crippen molar-refractivity contribution in [2.75, 3.05) is 39.9 Å². The van der Waals surface area contributed by atoms with Gasteiger partial charge in [0.2, 0.25) is 5.91 Å². The van der Waals surface area contributed by atoms with Crippen LogP contribution in [0.15, 0.2) is 18.2 Å². The fourth-order valence-corrected chi connectivity index (χ4v) is 3.50. The van der Waals surface area contributed by atoms with Crippen LogP contribution in [0.5, 0.6) is 0 Å². The van der Waals surface area contributed by atoms with E-state index in [2.05, 4.69) is 16.8 Å². The fraction of sp³-hybridized carbons (Fsp3) is 0.500. The molecule has 6 heteroatoms. The van der Waals surface area contributed by atoms with Gasteiger partial charge in [-0.05, 0) is 37.1 Å². The Morgan fingerprint density at radius 3 is 2.92 bits per heavy atom. The number of aromatic amines is 1. The summed E-state index contributed by atoms with van der Waals surface area (Å²) in [6.45, 7) is 6.60. The van der Waals surface area contributed by atoms with Crippen LogP contribution in [0.2, 0.25) is 5.02 Å².